The van der Waals surface area contributed by atoms with E-state index in [1.54, 1.807) is 18.5 Å². The van der Waals surface area contributed by atoms with Gasteiger partial charge in [0.25, 0.3) is 10.0 Å². The Morgan fingerprint density at radius 1 is 1.33 bits per heavy atom. The van der Waals surface area contributed by atoms with Gasteiger partial charge in [0.15, 0.2) is 5.03 Å². The van der Waals surface area contributed by atoms with Gasteiger partial charge in [-0.05, 0) is 19.4 Å². The highest BCUT2D eigenvalue weighted by atomic mass is 79.9. The molecule has 114 valence electrons. The van der Waals surface area contributed by atoms with Crippen LogP contribution in [0.5, 0.6) is 0 Å². The van der Waals surface area contributed by atoms with Crippen molar-refractivity contribution in [1.29, 1.82) is 0 Å². The summed E-state index contributed by atoms with van der Waals surface area (Å²) in [6.45, 7) is 3.60. The van der Waals surface area contributed by atoms with Crippen molar-refractivity contribution < 1.29 is 8.42 Å². The van der Waals surface area contributed by atoms with Gasteiger partial charge in [-0.2, -0.15) is 4.72 Å². The van der Waals surface area contributed by atoms with E-state index in [1.165, 1.54) is 6.20 Å². The van der Waals surface area contributed by atoms with Gasteiger partial charge in [0, 0.05) is 18.6 Å². The molecule has 2 rings (SSSR count). The molecule has 0 amide bonds. The summed E-state index contributed by atoms with van der Waals surface area (Å²) in [6, 6.07) is 9.46. The van der Waals surface area contributed by atoms with Crippen LogP contribution in [-0.2, 0) is 22.6 Å². The standard InChI is InChI=1S/C14H18BrN3O2S/c1-11-16-13(9-18(11)3)21(19,20)17-14(2,10-15)12-7-5-4-6-8-12/h4-9,17H,10H2,1-3H3. The molecule has 0 aliphatic rings. The minimum absolute atomic E-state index is 0.0330. The van der Waals surface area contributed by atoms with Crippen LogP contribution in [0, 0.1) is 6.92 Å². The number of imidazole rings is 1. The molecule has 0 radical (unpaired) electrons. The Labute approximate surface area is 133 Å². The number of rotatable bonds is 5. The lowest BCUT2D eigenvalue weighted by molar-refractivity contribution is 0.480. The van der Waals surface area contributed by atoms with Crippen LogP contribution in [-0.4, -0.2) is 23.3 Å². The molecule has 0 spiro atoms. The Bertz CT molecular complexity index is 708. The van der Waals surface area contributed by atoms with Gasteiger partial charge in [-0.3, -0.25) is 0 Å². The molecular formula is C14H18BrN3O2S. The van der Waals surface area contributed by atoms with Gasteiger partial charge in [-0.15, -0.1) is 0 Å². The third kappa shape index (κ3) is 3.36. The molecule has 0 aliphatic heterocycles. The predicted octanol–water partition coefficient (Wildman–Crippen LogP) is 2.32. The summed E-state index contributed by atoms with van der Waals surface area (Å²) < 4.78 is 29.5. The predicted molar refractivity (Wildman–Crippen MR) is 85.9 cm³/mol. The molecular weight excluding hydrogens is 354 g/mol. The highest BCUT2D eigenvalue weighted by Crippen LogP contribution is 2.25. The van der Waals surface area contributed by atoms with Crippen LogP contribution in [0.25, 0.3) is 0 Å². The zero-order chi connectivity index (χ0) is 15.7. The zero-order valence-corrected chi connectivity index (χ0v) is 14.6. The molecule has 1 N–H and O–H groups in total. The molecule has 5 nitrogen and oxygen atoms in total. The Kier molecular flexibility index (Phi) is 4.55. The second-order valence-electron chi connectivity index (χ2n) is 5.17. The molecule has 2 aromatic rings. The quantitative estimate of drug-likeness (QED) is 0.820. The van der Waals surface area contributed by atoms with E-state index in [1.807, 2.05) is 37.3 Å². The fraction of sp³-hybridized carbons (Fsp3) is 0.357. The fourth-order valence-corrected chi connectivity index (χ4v) is 4.06. The molecule has 0 aliphatic carbocycles. The van der Waals surface area contributed by atoms with Gasteiger partial charge < -0.3 is 4.57 Å². The molecule has 0 saturated heterocycles. The molecule has 7 heteroatoms. The summed E-state index contributed by atoms with van der Waals surface area (Å²) in [7, 11) is -1.93. The van der Waals surface area contributed by atoms with Crippen molar-refractivity contribution in [3.05, 3.63) is 47.9 Å². The maximum Gasteiger partial charge on any atom is 0.260 e. The van der Waals surface area contributed by atoms with Gasteiger partial charge >= 0.3 is 0 Å². The van der Waals surface area contributed by atoms with E-state index in [-0.39, 0.29) is 5.03 Å². The first-order valence-electron chi connectivity index (χ1n) is 6.44. The van der Waals surface area contributed by atoms with Crippen molar-refractivity contribution in [3.63, 3.8) is 0 Å². The van der Waals surface area contributed by atoms with Crippen LogP contribution >= 0.6 is 15.9 Å². The largest absolute Gasteiger partial charge is 0.337 e. The van der Waals surface area contributed by atoms with E-state index in [0.717, 1.165) is 5.56 Å². The minimum Gasteiger partial charge on any atom is -0.337 e. The maximum atomic E-state index is 12.5. The third-order valence-electron chi connectivity index (χ3n) is 3.40. The number of nitrogens with zero attached hydrogens (tertiary/aromatic N) is 2. The van der Waals surface area contributed by atoms with E-state index < -0.39 is 15.6 Å². The average Bonchev–Trinajstić information content (AvgIpc) is 2.80. The van der Waals surface area contributed by atoms with E-state index >= 15 is 0 Å². The van der Waals surface area contributed by atoms with Gasteiger partial charge in [-0.1, -0.05) is 46.3 Å². The average molecular weight is 372 g/mol. The topological polar surface area (TPSA) is 64.0 Å². The van der Waals surface area contributed by atoms with Crippen molar-refractivity contribution in [2.24, 2.45) is 7.05 Å². The van der Waals surface area contributed by atoms with Crippen molar-refractivity contribution in [2.75, 3.05) is 5.33 Å². The maximum absolute atomic E-state index is 12.5. The van der Waals surface area contributed by atoms with Gasteiger partial charge in [0.1, 0.15) is 5.82 Å². The first-order valence-corrected chi connectivity index (χ1v) is 9.04. The third-order valence-corrected chi connectivity index (χ3v) is 5.99. The van der Waals surface area contributed by atoms with Crippen LogP contribution in [0.2, 0.25) is 0 Å². The number of aryl methyl sites for hydroxylation is 2. The highest BCUT2D eigenvalue weighted by molar-refractivity contribution is 9.09. The number of sulfonamides is 1. The van der Waals surface area contributed by atoms with Crippen molar-refractivity contribution in [3.8, 4) is 0 Å². The van der Waals surface area contributed by atoms with Crippen molar-refractivity contribution >= 4 is 26.0 Å². The summed E-state index contributed by atoms with van der Waals surface area (Å²) in [5.41, 5.74) is 0.143. The summed E-state index contributed by atoms with van der Waals surface area (Å²) in [5.74, 6) is 0.649. The zero-order valence-electron chi connectivity index (χ0n) is 12.2. The van der Waals surface area contributed by atoms with Gasteiger partial charge in [-0.25, -0.2) is 13.4 Å². The smallest absolute Gasteiger partial charge is 0.260 e. The molecule has 0 bridgehead atoms. The molecule has 1 heterocycles. The van der Waals surface area contributed by atoms with Crippen LogP contribution in [0.15, 0.2) is 41.6 Å². The van der Waals surface area contributed by atoms with Crippen LogP contribution in [0.1, 0.15) is 18.3 Å². The van der Waals surface area contributed by atoms with E-state index in [2.05, 4.69) is 25.6 Å². The van der Waals surface area contributed by atoms with E-state index in [9.17, 15) is 8.42 Å². The lowest BCUT2D eigenvalue weighted by Crippen LogP contribution is -2.44. The Hall–Kier alpha value is -1.18. The van der Waals surface area contributed by atoms with E-state index in [4.69, 9.17) is 0 Å². The SMILES string of the molecule is Cc1nc(S(=O)(=O)NC(C)(CBr)c2ccccc2)cn1C. The number of halogens is 1. The van der Waals surface area contributed by atoms with Crippen molar-refractivity contribution in [1.82, 2.24) is 14.3 Å². The van der Waals surface area contributed by atoms with Crippen LogP contribution in [0.4, 0.5) is 0 Å². The Balaban J connectivity index is 2.38. The number of benzene rings is 1. The fourth-order valence-electron chi connectivity index (χ4n) is 1.97. The molecule has 1 atom stereocenters. The number of nitrogens with one attached hydrogen (secondary N) is 1. The molecule has 1 aromatic heterocycles. The lowest BCUT2D eigenvalue weighted by atomic mass is 9.96. The molecule has 0 saturated carbocycles. The Morgan fingerprint density at radius 2 is 1.95 bits per heavy atom. The number of hydrogen-bond donors (Lipinski definition) is 1. The van der Waals surface area contributed by atoms with Crippen molar-refractivity contribution in [2.45, 2.75) is 24.4 Å². The van der Waals surface area contributed by atoms with E-state index in [0.29, 0.717) is 11.2 Å². The number of hydrogen-bond acceptors (Lipinski definition) is 3. The lowest BCUT2D eigenvalue weighted by Gasteiger charge is -2.28. The number of alkyl halides is 1. The van der Waals surface area contributed by atoms with Crippen LogP contribution < -0.4 is 4.72 Å². The summed E-state index contributed by atoms with van der Waals surface area (Å²) in [6.07, 6.45) is 1.51. The highest BCUT2D eigenvalue weighted by Gasteiger charge is 2.32. The first kappa shape index (κ1) is 16.2. The van der Waals surface area contributed by atoms with Gasteiger partial charge in [0.05, 0.1) is 5.54 Å². The molecule has 1 unspecified atom stereocenters. The second-order valence-corrected chi connectivity index (χ2v) is 7.36. The number of aromatic nitrogens is 2. The summed E-state index contributed by atoms with van der Waals surface area (Å²) in [5, 5.41) is 0.486. The summed E-state index contributed by atoms with van der Waals surface area (Å²) >= 11 is 3.40. The molecule has 0 fully saturated rings. The van der Waals surface area contributed by atoms with Crippen LogP contribution in [0.3, 0.4) is 0 Å². The molecule has 21 heavy (non-hydrogen) atoms. The minimum atomic E-state index is -3.69. The normalized spacial score (nSPS) is 14.9. The molecule has 1 aromatic carbocycles. The monoisotopic (exact) mass is 371 g/mol. The second kappa shape index (κ2) is 5.90. The van der Waals surface area contributed by atoms with Gasteiger partial charge in [0.2, 0.25) is 0 Å². The Morgan fingerprint density at radius 3 is 2.43 bits per heavy atom. The first-order chi connectivity index (χ1) is 9.78. The summed E-state index contributed by atoms with van der Waals surface area (Å²) in [4.78, 5) is 4.09.